The Bertz CT molecular complexity index is 1020. The number of alkyl halides is 6. The molecule has 38 heavy (non-hydrogen) atoms. The summed E-state index contributed by atoms with van der Waals surface area (Å²) in [5.74, 6) is -2.59. The van der Waals surface area contributed by atoms with Gasteiger partial charge in [0.15, 0.2) is 0 Å². The number of likely N-dealkylation sites (tertiary alicyclic amines) is 1. The van der Waals surface area contributed by atoms with E-state index in [9.17, 15) is 26.3 Å². The van der Waals surface area contributed by atoms with E-state index in [-0.39, 0.29) is 0 Å². The highest BCUT2D eigenvalue weighted by Gasteiger charge is 2.44. The number of pyridine rings is 1. The number of nitrogens with one attached hydrogen (secondary N) is 1. The molecule has 0 spiro atoms. The van der Waals surface area contributed by atoms with Crippen LogP contribution in [0.5, 0.6) is 5.75 Å². The summed E-state index contributed by atoms with van der Waals surface area (Å²) in [5, 5.41) is 14.2. The molecule has 4 rings (SSSR count). The van der Waals surface area contributed by atoms with Crippen molar-refractivity contribution in [1.82, 2.24) is 19.9 Å². The number of fused-ring (bicyclic) bond motifs is 1. The first-order valence-corrected chi connectivity index (χ1v) is 11.1. The average Bonchev–Trinajstić information content (AvgIpc) is 3.50. The van der Waals surface area contributed by atoms with Crippen LogP contribution in [-0.2, 0) is 20.9 Å². The number of rotatable bonds is 5. The van der Waals surface area contributed by atoms with Crippen LogP contribution in [0.3, 0.4) is 0 Å². The number of hydrogen-bond acceptors (Lipinski definition) is 7. The number of aromatic amines is 1. The van der Waals surface area contributed by atoms with E-state index >= 15 is 0 Å². The zero-order chi connectivity index (χ0) is 28.7. The zero-order valence-corrected chi connectivity index (χ0v) is 20.2. The zero-order valence-electron chi connectivity index (χ0n) is 20.2. The third kappa shape index (κ3) is 9.81. The molecule has 0 bridgehead atoms. The fourth-order valence-corrected chi connectivity index (χ4v) is 3.86. The van der Waals surface area contributed by atoms with Crippen molar-refractivity contribution in [3.63, 3.8) is 0 Å². The van der Waals surface area contributed by atoms with Crippen molar-refractivity contribution in [2.75, 3.05) is 26.3 Å². The Kier molecular flexibility index (Phi) is 10.5. The number of H-pyrrole nitrogens is 1. The molecule has 0 saturated carbocycles. The van der Waals surface area contributed by atoms with Gasteiger partial charge in [-0.25, -0.2) is 14.6 Å². The van der Waals surface area contributed by atoms with Crippen LogP contribution in [0.25, 0.3) is 0 Å². The van der Waals surface area contributed by atoms with E-state index in [0.717, 1.165) is 49.2 Å². The standard InChI is InChI=1S/C18H24N4O2.2C2HF3O2/c1-12-5-15(6-13(2)21-12)23-10-14-11-24-17-8-22(7-16(14)17)9-18-19-3-4-20-18;2*3-2(4,5)1(6)7/h3-6,14,16-17H,7-11H2,1-2H3,(H,19,20);2*(H,6,7)/t14-,16+,17+;;/m0../s1. The van der Waals surface area contributed by atoms with Gasteiger partial charge >= 0.3 is 24.3 Å². The van der Waals surface area contributed by atoms with Crippen LogP contribution in [0.1, 0.15) is 17.2 Å². The van der Waals surface area contributed by atoms with Gasteiger partial charge in [0.05, 0.1) is 25.9 Å². The third-order valence-electron chi connectivity index (χ3n) is 5.45. The van der Waals surface area contributed by atoms with Gasteiger partial charge in [-0.15, -0.1) is 0 Å². The van der Waals surface area contributed by atoms with Gasteiger partial charge in [0.25, 0.3) is 0 Å². The number of aromatic nitrogens is 3. The number of ether oxygens (including phenoxy) is 2. The minimum Gasteiger partial charge on any atom is -0.493 e. The number of aryl methyl sites for hydroxylation is 2. The number of nitrogens with zero attached hydrogens (tertiary/aromatic N) is 3. The number of halogens is 6. The molecule has 212 valence electrons. The monoisotopic (exact) mass is 556 g/mol. The lowest BCUT2D eigenvalue weighted by atomic mass is 9.94. The lowest BCUT2D eigenvalue weighted by Gasteiger charge is -2.19. The molecule has 0 aliphatic carbocycles. The second-order valence-corrected chi connectivity index (χ2v) is 8.53. The molecule has 3 N–H and O–H groups in total. The first-order chi connectivity index (χ1) is 17.6. The summed E-state index contributed by atoms with van der Waals surface area (Å²) >= 11 is 0. The number of carboxylic acids is 2. The summed E-state index contributed by atoms with van der Waals surface area (Å²) in [6.45, 7) is 8.39. The van der Waals surface area contributed by atoms with Crippen LogP contribution in [0.15, 0.2) is 24.5 Å². The molecule has 2 aliphatic rings. The molecule has 4 heterocycles. The third-order valence-corrected chi connectivity index (χ3v) is 5.45. The highest BCUT2D eigenvalue weighted by molar-refractivity contribution is 5.73. The Balaban J connectivity index is 0.000000301. The molecule has 2 aromatic heterocycles. The van der Waals surface area contributed by atoms with Crippen molar-refractivity contribution < 1.29 is 55.6 Å². The van der Waals surface area contributed by atoms with Crippen LogP contribution in [-0.4, -0.2) is 86.8 Å². The summed E-state index contributed by atoms with van der Waals surface area (Å²) in [5.41, 5.74) is 1.99. The molecule has 3 atom stereocenters. The highest BCUT2D eigenvalue weighted by atomic mass is 19.4. The summed E-state index contributed by atoms with van der Waals surface area (Å²) in [6, 6.07) is 4.00. The summed E-state index contributed by atoms with van der Waals surface area (Å²) in [4.78, 5) is 32.1. The summed E-state index contributed by atoms with van der Waals surface area (Å²) in [6.07, 6.45) is -6.16. The van der Waals surface area contributed by atoms with Crippen molar-refractivity contribution >= 4 is 11.9 Å². The molecule has 16 heteroatoms. The average molecular weight is 556 g/mol. The molecule has 0 radical (unpaired) electrons. The molecule has 0 amide bonds. The van der Waals surface area contributed by atoms with Gasteiger partial charge in [0.2, 0.25) is 0 Å². The Morgan fingerprint density at radius 2 is 1.63 bits per heavy atom. The van der Waals surface area contributed by atoms with Crippen LogP contribution in [0, 0.1) is 25.7 Å². The molecular formula is C22H26F6N4O6. The maximum Gasteiger partial charge on any atom is 0.490 e. The Hall–Kier alpha value is -3.40. The quantitative estimate of drug-likeness (QED) is 0.474. The molecule has 2 aromatic rings. The fourth-order valence-electron chi connectivity index (χ4n) is 3.86. The lowest BCUT2D eigenvalue weighted by Crippen LogP contribution is -2.27. The van der Waals surface area contributed by atoms with Crippen molar-refractivity contribution in [2.45, 2.75) is 38.8 Å². The Morgan fingerprint density at radius 1 is 1.08 bits per heavy atom. The molecule has 0 unspecified atom stereocenters. The summed E-state index contributed by atoms with van der Waals surface area (Å²) in [7, 11) is 0. The van der Waals surface area contributed by atoms with Crippen molar-refractivity contribution in [2.24, 2.45) is 11.8 Å². The van der Waals surface area contributed by atoms with Crippen LogP contribution >= 0.6 is 0 Å². The number of carboxylic acid groups (broad SMARTS) is 2. The normalized spacial score (nSPS) is 21.0. The minimum atomic E-state index is -5.08. The summed E-state index contributed by atoms with van der Waals surface area (Å²) < 4.78 is 75.5. The van der Waals surface area contributed by atoms with E-state index in [0.29, 0.717) is 24.5 Å². The highest BCUT2D eigenvalue weighted by Crippen LogP contribution is 2.34. The number of imidazole rings is 1. The van der Waals surface area contributed by atoms with Crippen molar-refractivity contribution in [3.05, 3.63) is 41.7 Å². The van der Waals surface area contributed by atoms with E-state index in [1.54, 1.807) is 6.20 Å². The molecular weight excluding hydrogens is 530 g/mol. The molecule has 2 saturated heterocycles. The van der Waals surface area contributed by atoms with Gasteiger partial charge in [0.1, 0.15) is 11.6 Å². The van der Waals surface area contributed by atoms with E-state index in [1.165, 1.54) is 0 Å². The van der Waals surface area contributed by atoms with Gasteiger partial charge < -0.3 is 24.7 Å². The Labute approximate surface area is 212 Å². The first kappa shape index (κ1) is 30.8. The number of hydrogen-bond donors (Lipinski definition) is 3. The van der Waals surface area contributed by atoms with Crippen molar-refractivity contribution in [1.29, 1.82) is 0 Å². The predicted octanol–water partition coefficient (Wildman–Crippen LogP) is 3.21. The smallest absolute Gasteiger partial charge is 0.490 e. The first-order valence-electron chi connectivity index (χ1n) is 11.1. The largest absolute Gasteiger partial charge is 0.493 e. The van der Waals surface area contributed by atoms with E-state index in [4.69, 9.17) is 29.3 Å². The second-order valence-electron chi connectivity index (χ2n) is 8.53. The predicted molar refractivity (Wildman–Crippen MR) is 117 cm³/mol. The molecule has 2 fully saturated rings. The molecule has 10 nitrogen and oxygen atoms in total. The van der Waals surface area contributed by atoms with E-state index in [2.05, 4.69) is 19.9 Å². The van der Waals surface area contributed by atoms with Gasteiger partial charge in [-0.3, -0.25) is 9.88 Å². The van der Waals surface area contributed by atoms with Crippen LogP contribution in [0.2, 0.25) is 0 Å². The van der Waals surface area contributed by atoms with Gasteiger partial charge in [-0.1, -0.05) is 0 Å². The van der Waals surface area contributed by atoms with Crippen LogP contribution in [0.4, 0.5) is 26.3 Å². The Morgan fingerprint density at radius 3 is 2.11 bits per heavy atom. The topological polar surface area (TPSA) is 138 Å². The maximum atomic E-state index is 10.6. The second kappa shape index (κ2) is 12.9. The number of aliphatic carboxylic acids is 2. The van der Waals surface area contributed by atoms with E-state index in [1.807, 2.05) is 32.2 Å². The molecule has 2 aliphatic heterocycles. The van der Waals surface area contributed by atoms with Gasteiger partial charge in [-0.2, -0.15) is 26.3 Å². The lowest BCUT2D eigenvalue weighted by molar-refractivity contribution is -0.193. The van der Waals surface area contributed by atoms with E-state index < -0.39 is 24.3 Å². The van der Waals surface area contributed by atoms with Crippen LogP contribution < -0.4 is 4.74 Å². The van der Waals surface area contributed by atoms with Gasteiger partial charge in [-0.05, 0) is 13.8 Å². The maximum absolute atomic E-state index is 10.6. The molecule has 0 aromatic carbocycles. The minimum absolute atomic E-state index is 0.328. The SMILES string of the molecule is Cc1cc(OC[C@H]2CO[C@@H]3CN(Cc4ncc[nH]4)C[C@H]23)cc(C)n1.O=C(O)C(F)(F)F.O=C(O)C(F)(F)F. The van der Waals surface area contributed by atoms with Crippen molar-refractivity contribution in [3.8, 4) is 5.75 Å². The fraction of sp³-hybridized carbons (Fsp3) is 0.545. The number of carbonyl (C=O) groups is 2. The van der Waals surface area contributed by atoms with Gasteiger partial charge in [0, 0.05) is 60.8 Å².